The Balaban J connectivity index is 1.52. The fourth-order valence-corrected chi connectivity index (χ4v) is 3.16. The Hall–Kier alpha value is -1.14. The number of unbranched alkanes of at least 4 members (excludes halogenated alkanes) is 1. The maximum Gasteiger partial charge on any atom is 0.193 e. The molecule has 23 heavy (non-hydrogen) atoms. The SMILES string of the molecule is CN=C(NCCCCc1nc(C)cs1)N(C)CCOCC1CC1. The smallest absolute Gasteiger partial charge is 0.193 e. The number of aryl methyl sites for hydroxylation is 2. The molecule has 1 aromatic heterocycles. The molecule has 0 spiro atoms. The van der Waals surface area contributed by atoms with Crippen molar-refractivity contribution in [2.24, 2.45) is 10.9 Å². The van der Waals surface area contributed by atoms with Crippen LogP contribution in [0.5, 0.6) is 0 Å². The van der Waals surface area contributed by atoms with Gasteiger partial charge in [0.25, 0.3) is 0 Å². The summed E-state index contributed by atoms with van der Waals surface area (Å²) in [6.07, 6.45) is 6.05. The lowest BCUT2D eigenvalue weighted by Crippen LogP contribution is -2.41. The topological polar surface area (TPSA) is 49.8 Å². The van der Waals surface area contributed by atoms with Crippen molar-refractivity contribution >= 4 is 17.3 Å². The molecule has 0 aromatic carbocycles. The summed E-state index contributed by atoms with van der Waals surface area (Å²) >= 11 is 1.76. The number of nitrogens with zero attached hydrogens (tertiary/aromatic N) is 3. The van der Waals surface area contributed by atoms with E-state index in [1.165, 1.54) is 17.8 Å². The molecule has 0 radical (unpaired) electrons. The highest BCUT2D eigenvalue weighted by molar-refractivity contribution is 7.09. The van der Waals surface area contributed by atoms with Gasteiger partial charge < -0.3 is 15.0 Å². The molecule has 6 heteroatoms. The van der Waals surface area contributed by atoms with Gasteiger partial charge in [-0.05, 0) is 44.9 Å². The number of guanidine groups is 1. The third kappa shape index (κ3) is 7.31. The van der Waals surface area contributed by atoms with E-state index >= 15 is 0 Å². The van der Waals surface area contributed by atoms with E-state index in [2.05, 4.69) is 39.5 Å². The van der Waals surface area contributed by atoms with E-state index in [0.29, 0.717) is 0 Å². The van der Waals surface area contributed by atoms with E-state index in [4.69, 9.17) is 4.74 Å². The van der Waals surface area contributed by atoms with Gasteiger partial charge in [0, 0.05) is 44.9 Å². The maximum absolute atomic E-state index is 5.69. The summed E-state index contributed by atoms with van der Waals surface area (Å²) in [5.74, 6) is 1.78. The first kappa shape index (κ1) is 18.2. The average Bonchev–Trinajstić information content (AvgIpc) is 3.28. The van der Waals surface area contributed by atoms with Crippen molar-refractivity contribution in [3.63, 3.8) is 0 Å². The molecular weight excluding hydrogens is 308 g/mol. The highest BCUT2D eigenvalue weighted by Gasteiger charge is 2.21. The van der Waals surface area contributed by atoms with Gasteiger partial charge in [0.15, 0.2) is 5.96 Å². The quantitative estimate of drug-likeness (QED) is 0.405. The molecule has 1 fully saturated rings. The van der Waals surface area contributed by atoms with Gasteiger partial charge in [0.1, 0.15) is 0 Å². The Bertz CT molecular complexity index is 485. The Morgan fingerprint density at radius 2 is 2.30 bits per heavy atom. The van der Waals surface area contributed by atoms with Crippen LogP contribution in [0.1, 0.15) is 36.4 Å². The van der Waals surface area contributed by atoms with Gasteiger partial charge in [0.05, 0.1) is 11.6 Å². The number of aromatic nitrogens is 1. The summed E-state index contributed by atoms with van der Waals surface area (Å²) in [7, 11) is 3.90. The van der Waals surface area contributed by atoms with Crippen LogP contribution >= 0.6 is 11.3 Å². The zero-order valence-electron chi connectivity index (χ0n) is 14.7. The number of ether oxygens (including phenoxy) is 1. The van der Waals surface area contributed by atoms with Crippen LogP contribution in [0.2, 0.25) is 0 Å². The molecule has 0 amide bonds. The van der Waals surface area contributed by atoms with Crippen LogP contribution in [-0.4, -0.2) is 56.2 Å². The van der Waals surface area contributed by atoms with Crippen LogP contribution in [0, 0.1) is 12.8 Å². The number of nitrogens with one attached hydrogen (secondary N) is 1. The van der Waals surface area contributed by atoms with Crippen LogP contribution in [-0.2, 0) is 11.2 Å². The lowest BCUT2D eigenvalue weighted by atomic mass is 10.2. The molecule has 0 saturated heterocycles. The highest BCUT2D eigenvalue weighted by Crippen LogP contribution is 2.28. The normalized spacial score (nSPS) is 15.0. The predicted octanol–water partition coefficient (Wildman–Crippen LogP) is 2.71. The Morgan fingerprint density at radius 3 is 2.96 bits per heavy atom. The van der Waals surface area contributed by atoms with Crippen LogP contribution in [0.4, 0.5) is 0 Å². The largest absolute Gasteiger partial charge is 0.379 e. The summed E-state index contributed by atoms with van der Waals surface area (Å²) in [5, 5.41) is 6.79. The number of rotatable bonds is 10. The average molecular weight is 339 g/mol. The zero-order chi connectivity index (χ0) is 16.5. The minimum absolute atomic E-state index is 0.775. The molecule has 1 heterocycles. The van der Waals surface area contributed by atoms with Gasteiger partial charge in [-0.25, -0.2) is 4.98 Å². The number of thiazole rings is 1. The van der Waals surface area contributed by atoms with Crippen molar-refractivity contribution in [2.75, 3.05) is 40.4 Å². The molecule has 1 aromatic rings. The molecule has 0 atom stereocenters. The Morgan fingerprint density at radius 1 is 1.48 bits per heavy atom. The molecule has 1 aliphatic carbocycles. The molecule has 0 bridgehead atoms. The van der Waals surface area contributed by atoms with Gasteiger partial charge in [-0.1, -0.05) is 0 Å². The van der Waals surface area contributed by atoms with Crippen molar-refractivity contribution in [1.29, 1.82) is 0 Å². The molecule has 1 aliphatic rings. The zero-order valence-corrected chi connectivity index (χ0v) is 15.5. The predicted molar refractivity (Wildman–Crippen MR) is 97.3 cm³/mol. The molecule has 0 aliphatic heterocycles. The van der Waals surface area contributed by atoms with Crippen molar-refractivity contribution < 1.29 is 4.74 Å². The minimum Gasteiger partial charge on any atom is -0.379 e. The number of hydrogen-bond donors (Lipinski definition) is 1. The molecule has 130 valence electrons. The highest BCUT2D eigenvalue weighted by atomic mass is 32.1. The summed E-state index contributed by atoms with van der Waals surface area (Å²) in [4.78, 5) is 11.0. The second kappa shape index (κ2) is 9.88. The maximum atomic E-state index is 5.69. The fraction of sp³-hybridized carbons (Fsp3) is 0.765. The van der Waals surface area contributed by atoms with E-state index in [1.807, 2.05) is 7.05 Å². The summed E-state index contributed by atoms with van der Waals surface area (Å²) in [6.45, 7) is 5.58. The standard InChI is InChI=1S/C17H30N4OS/c1-14-13-23-16(20-14)6-4-5-9-19-17(18-2)21(3)10-11-22-12-15-7-8-15/h13,15H,4-12H2,1-3H3,(H,18,19). The van der Waals surface area contributed by atoms with Crippen LogP contribution in [0.3, 0.4) is 0 Å². The number of hydrogen-bond acceptors (Lipinski definition) is 4. The molecule has 5 nitrogen and oxygen atoms in total. The molecular formula is C17H30N4OS. The van der Waals surface area contributed by atoms with E-state index < -0.39 is 0 Å². The second-order valence-electron chi connectivity index (χ2n) is 6.25. The number of likely N-dealkylation sites (N-methyl/N-ethyl adjacent to an activating group) is 1. The first-order valence-electron chi connectivity index (χ1n) is 8.59. The van der Waals surface area contributed by atoms with Crippen molar-refractivity contribution in [2.45, 2.75) is 39.0 Å². The lowest BCUT2D eigenvalue weighted by molar-refractivity contribution is 0.115. The van der Waals surface area contributed by atoms with E-state index in [1.54, 1.807) is 11.3 Å². The van der Waals surface area contributed by atoms with E-state index in [0.717, 1.165) is 63.1 Å². The van der Waals surface area contributed by atoms with Crippen molar-refractivity contribution in [3.05, 3.63) is 16.1 Å². The van der Waals surface area contributed by atoms with Crippen LogP contribution in [0.15, 0.2) is 10.4 Å². The molecule has 2 rings (SSSR count). The van der Waals surface area contributed by atoms with Gasteiger partial charge in [-0.2, -0.15) is 0 Å². The molecule has 0 unspecified atom stereocenters. The first-order valence-corrected chi connectivity index (χ1v) is 9.47. The minimum atomic E-state index is 0.775. The van der Waals surface area contributed by atoms with E-state index in [9.17, 15) is 0 Å². The van der Waals surface area contributed by atoms with Gasteiger partial charge in [-0.3, -0.25) is 4.99 Å². The third-order valence-electron chi connectivity index (χ3n) is 3.96. The van der Waals surface area contributed by atoms with Gasteiger partial charge in [-0.15, -0.1) is 11.3 Å². The lowest BCUT2D eigenvalue weighted by Gasteiger charge is -2.22. The van der Waals surface area contributed by atoms with Gasteiger partial charge in [0.2, 0.25) is 0 Å². The molecule has 1 N–H and O–H groups in total. The second-order valence-corrected chi connectivity index (χ2v) is 7.20. The van der Waals surface area contributed by atoms with E-state index in [-0.39, 0.29) is 0 Å². The van der Waals surface area contributed by atoms with Crippen LogP contribution in [0.25, 0.3) is 0 Å². The monoisotopic (exact) mass is 338 g/mol. The fourth-order valence-electron chi connectivity index (χ4n) is 2.35. The summed E-state index contributed by atoms with van der Waals surface area (Å²) < 4.78 is 5.69. The first-order chi connectivity index (χ1) is 11.2. The third-order valence-corrected chi connectivity index (χ3v) is 4.99. The van der Waals surface area contributed by atoms with Crippen LogP contribution < -0.4 is 5.32 Å². The summed E-state index contributed by atoms with van der Waals surface area (Å²) in [6, 6.07) is 0. The Labute approximate surface area is 144 Å². The Kier molecular flexibility index (Phi) is 7.82. The van der Waals surface area contributed by atoms with Gasteiger partial charge >= 0.3 is 0 Å². The van der Waals surface area contributed by atoms with Crippen molar-refractivity contribution in [1.82, 2.24) is 15.2 Å². The number of aliphatic imine (C=N–C) groups is 1. The molecule has 1 saturated carbocycles. The van der Waals surface area contributed by atoms with Crippen molar-refractivity contribution in [3.8, 4) is 0 Å². The summed E-state index contributed by atoms with van der Waals surface area (Å²) in [5.41, 5.74) is 1.13.